The molecule has 0 amide bonds. The van der Waals surface area contributed by atoms with Gasteiger partial charge in [0.2, 0.25) is 0 Å². The van der Waals surface area contributed by atoms with E-state index in [2.05, 4.69) is 29.2 Å². The highest BCUT2D eigenvalue weighted by Gasteiger charge is 2.09. The minimum Gasteiger partial charge on any atom is -0.384 e. The van der Waals surface area contributed by atoms with Crippen LogP contribution >= 0.6 is 22.9 Å². The number of aromatic nitrogens is 2. The Bertz CT molecular complexity index is 817. The van der Waals surface area contributed by atoms with Crippen LogP contribution in [-0.2, 0) is 6.42 Å². The molecule has 0 unspecified atom stereocenters. The smallest absolute Gasteiger partial charge is 0.124 e. The molecule has 0 atom stereocenters. The van der Waals surface area contributed by atoms with Gasteiger partial charge in [-0.2, -0.15) is 5.26 Å². The third-order valence-corrected chi connectivity index (χ3v) is 4.02. The van der Waals surface area contributed by atoms with Crippen molar-refractivity contribution >= 4 is 40.9 Å². The van der Waals surface area contributed by atoms with E-state index in [1.54, 1.807) is 12.1 Å². The van der Waals surface area contributed by atoms with Gasteiger partial charge in [0.1, 0.15) is 10.8 Å². The van der Waals surface area contributed by atoms with Crippen LogP contribution in [0.15, 0.2) is 24.9 Å². The Kier molecular flexibility index (Phi) is 4.18. The molecule has 6 heteroatoms. The second-order valence-electron chi connectivity index (χ2n) is 3.93. The van der Waals surface area contributed by atoms with Crippen molar-refractivity contribution in [3.63, 3.8) is 0 Å². The number of rotatable bonds is 3. The van der Waals surface area contributed by atoms with E-state index in [-0.39, 0.29) is 6.42 Å². The summed E-state index contributed by atoms with van der Waals surface area (Å²) in [4.78, 5) is 8.21. The minimum absolute atomic E-state index is 0.254. The highest BCUT2D eigenvalue weighted by Crippen LogP contribution is 2.23. The number of nitriles is 1. The fourth-order valence-electron chi connectivity index (χ4n) is 1.74. The van der Waals surface area contributed by atoms with E-state index in [4.69, 9.17) is 22.6 Å². The third-order valence-electron chi connectivity index (χ3n) is 2.59. The van der Waals surface area contributed by atoms with Crippen LogP contribution in [0.5, 0.6) is 0 Å². The van der Waals surface area contributed by atoms with Crippen molar-refractivity contribution < 1.29 is 0 Å². The molecule has 2 aromatic heterocycles. The van der Waals surface area contributed by atoms with Gasteiger partial charge in [-0.15, -0.1) is 11.3 Å². The van der Waals surface area contributed by atoms with Crippen LogP contribution in [0, 0.1) is 11.3 Å². The summed E-state index contributed by atoms with van der Waals surface area (Å²) in [5.74, 6) is 0.371. The van der Waals surface area contributed by atoms with Crippen LogP contribution in [-0.4, -0.2) is 9.97 Å². The zero-order valence-electron chi connectivity index (χ0n) is 10.6. The van der Waals surface area contributed by atoms with Crippen molar-refractivity contribution in [2.75, 3.05) is 5.73 Å². The SMILES string of the molecule is C=C/C(c1cc(N)ncc1Cl)=c1/sc(CC#N)nc1=C. The Morgan fingerprint density at radius 1 is 1.60 bits per heavy atom. The lowest BCUT2D eigenvalue weighted by molar-refractivity contribution is 1.16. The maximum absolute atomic E-state index is 8.74. The molecule has 2 rings (SSSR count). The number of nitrogens with zero attached hydrogens (tertiary/aromatic N) is 3. The molecular weight excluding hydrogens is 292 g/mol. The predicted octanol–water partition coefficient (Wildman–Crippen LogP) is 1.64. The van der Waals surface area contributed by atoms with E-state index in [9.17, 15) is 0 Å². The zero-order valence-corrected chi connectivity index (χ0v) is 12.1. The zero-order chi connectivity index (χ0) is 14.7. The monoisotopic (exact) mass is 302 g/mol. The average Bonchev–Trinajstić information content (AvgIpc) is 2.76. The van der Waals surface area contributed by atoms with Crippen molar-refractivity contribution in [3.8, 4) is 6.07 Å². The van der Waals surface area contributed by atoms with Crippen LogP contribution in [0.1, 0.15) is 10.6 Å². The van der Waals surface area contributed by atoms with Crippen LogP contribution in [0.2, 0.25) is 5.02 Å². The maximum Gasteiger partial charge on any atom is 0.124 e. The summed E-state index contributed by atoms with van der Waals surface area (Å²) in [6.45, 7) is 7.71. The maximum atomic E-state index is 8.74. The first-order valence-electron chi connectivity index (χ1n) is 5.66. The van der Waals surface area contributed by atoms with Crippen molar-refractivity contribution in [1.29, 1.82) is 5.26 Å². The summed E-state index contributed by atoms with van der Waals surface area (Å²) in [6.07, 6.45) is 3.43. The van der Waals surface area contributed by atoms with Gasteiger partial charge in [0.15, 0.2) is 0 Å². The van der Waals surface area contributed by atoms with Crippen LogP contribution < -0.4 is 15.6 Å². The van der Waals surface area contributed by atoms with E-state index < -0.39 is 0 Å². The highest BCUT2D eigenvalue weighted by atomic mass is 35.5. The number of anilines is 1. The summed E-state index contributed by atoms with van der Waals surface area (Å²) in [5, 5.41) is 10.5. The Balaban J connectivity index is 2.77. The third kappa shape index (κ3) is 2.72. The van der Waals surface area contributed by atoms with Gasteiger partial charge < -0.3 is 5.73 Å². The predicted molar refractivity (Wildman–Crippen MR) is 82.6 cm³/mol. The van der Waals surface area contributed by atoms with Crippen molar-refractivity contribution in [3.05, 3.63) is 50.4 Å². The molecule has 20 heavy (non-hydrogen) atoms. The largest absolute Gasteiger partial charge is 0.384 e. The van der Waals surface area contributed by atoms with E-state index in [1.165, 1.54) is 17.5 Å². The van der Waals surface area contributed by atoms with Gasteiger partial charge in [-0.3, -0.25) is 0 Å². The van der Waals surface area contributed by atoms with Crippen molar-refractivity contribution in [2.24, 2.45) is 0 Å². The summed E-state index contributed by atoms with van der Waals surface area (Å²) in [5.41, 5.74) is 7.22. The number of halogens is 1. The van der Waals surface area contributed by atoms with Crippen LogP contribution in [0.3, 0.4) is 0 Å². The Hall–Kier alpha value is -2.16. The van der Waals surface area contributed by atoms with Gasteiger partial charge in [-0.05, 0) is 6.07 Å². The van der Waals surface area contributed by atoms with Gasteiger partial charge in [-0.25, -0.2) is 9.97 Å². The first-order valence-corrected chi connectivity index (χ1v) is 6.86. The summed E-state index contributed by atoms with van der Waals surface area (Å²) >= 11 is 7.57. The number of pyridine rings is 1. The van der Waals surface area contributed by atoms with Crippen LogP contribution in [0.25, 0.3) is 12.2 Å². The Morgan fingerprint density at radius 3 is 3.00 bits per heavy atom. The molecule has 0 spiro atoms. The molecule has 0 aliphatic heterocycles. The van der Waals surface area contributed by atoms with Gasteiger partial charge >= 0.3 is 0 Å². The normalized spacial score (nSPS) is 11.8. The number of nitrogen functional groups attached to an aromatic ring is 1. The lowest BCUT2D eigenvalue weighted by Gasteiger charge is -2.05. The lowest BCUT2D eigenvalue weighted by atomic mass is 10.1. The van der Waals surface area contributed by atoms with Gasteiger partial charge in [0.05, 0.1) is 27.4 Å². The fourth-order valence-corrected chi connectivity index (χ4v) is 2.94. The molecule has 4 nitrogen and oxygen atoms in total. The molecule has 2 N–H and O–H groups in total. The molecule has 0 saturated heterocycles. The number of hydrogen-bond donors (Lipinski definition) is 1. The number of nitrogens with two attached hydrogens (primary N) is 1. The first-order chi connectivity index (χ1) is 9.56. The van der Waals surface area contributed by atoms with Crippen molar-refractivity contribution in [2.45, 2.75) is 6.42 Å². The van der Waals surface area contributed by atoms with E-state index in [1.807, 2.05) is 0 Å². The second-order valence-corrected chi connectivity index (χ2v) is 5.42. The Labute approximate surface area is 125 Å². The molecule has 0 radical (unpaired) electrons. The van der Waals surface area contributed by atoms with E-state index >= 15 is 0 Å². The number of hydrogen-bond acceptors (Lipinski definition) is 5. The van der Waals surface area contributed by atoms with Gasteiger partial charge in [0, 0.05) is 17.3 Å². The van der Waals surface area contributed by atoms with Crippen molar-refractivity contribution in [1.82, 2.24) is 9.97 Å². The quantitative estimate of drug-likeness (QED) is 0.935. The Morgan fingerprint density at radius 2 is 2.35 bits per heavy atom. The molecule has 0 aliphatic carbocycles. The fraction of sp³-hybridized carbons (Fsp3) is 0.0714. The highest BCUT2D eigenvalue weighted by molar-refractivity contribution is 7.09. The topological polar surface area (TPSA) is 75.6 Å². The molecule has 0 aromatic carbocycles. The molecule has 2 aromatic rings. The summed E-state index contributed by atoms with van der Waals surface area (Å²) < 4.78 is 0.831. The summed E-state index contributed by atoms with van der Waals surface area (Å²) in [7, 11) is 0. The van der Waals surface area contributed by atoms with E-state index in [0.717, 1.165) is 15.7 Å². The molecular formula is C14H11ClN4S. The standard InChI is InChI=1S/C14H11ClN4S/c1-3-9(10-6-12(17)18-7-11(10)15)14-8(2)19-13(20-14)4-5-16/h3,6-7H,1-2,4H2,(H2,17,18)/b14-9-. The second kappa shape index (κ2) is 5.87. The number of allylic oxidation sites excluding steroid dienone is 1. The molecule has 0 aliphatic rings. The molecule has 0 fully saturated rings. The number of thiazole rings is 1. The first kappa shape index (κ1) is 14.3. The van der Waals surface area contributed by atoms with Gasteiger partial charge in [-0.1, -0.05) is 30.8 Å². The van der Waals surface area contributed by atoms with Gasteiger partial charge in [0.25, 0.3) is 0 Å². The summed E-state index contributed by atoms with van der Waals surface area (Å²) in [6, 6.07) is 3.75. The molecule has 0 saturated carbocycles. The minimum atomic E-state index is 0.254. The molecule has 100 valence electrons. The lowest BCUT2D eigenvalue weighted by Crippen LogP contribution is -2.21. The molecule has 2 heterocycles. The van der Waals surface area contributed by atoms with Crippen LogP contribution in [0.4, 0.5) is 5.82 Å². The van der Waals surface area contributed by atoms with E-state index in [0.29, 0.717) is 21.2 Å². The average molecular weight is 303 g/mol. The molecule has 0 bridgehead atoms.